The van der Waals surface area contributed by atoms with Crippen molar-refractivity contribution in [1.82, 2.24) is 0 Å². The monoisotopic (exact) mass is 249 g/mol. The van der Waals surface area contributed by atoms with E-state index in [9.17, 15) is 13.2 Å². The van der Waals surface area contributed by atoms with E-state index >= 15 is 0 Å². The Kier molecular flexibility index (Phi) is 3.74. The highest BCUT2D eigenvalue weighted by Crippen LogP contribution is 2.22. The smallest absolute Gasteiger partial charge is 0.422 e. The Morgan fingerprint density at radius 1 is 1.44 bits per heavy atom. The van der Waals surface area contributed by atoms with Crippen LogP contribution in [0.15, 0.2) is 18.2 Å². The summed E-state index contributed by atoms with van der Waals surface area (Å²) in [7, 11) is 0. The minimum absolute atomic E-state index is 0.178. The first-order chi connectivity index (χ1) is 7.29. The number of thiocarbonyl (C=S) groups is 1. The van der Waals surface area contributed by atoms with Crippen LogP contribution in [0.1, 0.15) is 11.1 Å². The summed E-state index contributed by atoms with van der Waals surface area (Å²) in [5.74, 6) is 0.178. The molecule has 0 heterocycles. The van der Waals surface area contributed by atoms with Gasteiger partial charge in [0.25, 0.3) is 0 Å². The number of benzene rings is 1. The molecule has 0 unspecified atom stereocenters. The van der Waals surface area contributed by atoms with E-state index in [4.69, 9.17) is 18.0 Å². The van der Waals surface area contributed by atoms with E-state index < -0.39 is 12.8 Å². The minimum Gasteiger partial charge on any atom is -0.484 e. The molecule has 0 saturated heterocycles. The summed E-state index contributed by atoms with van der Waals surface area (Å²) in [4.78, 5) is 0.200. The molecule has 1 aromatic carbocycles. The van der Waals surface area contributed by atoms with E-state index in [1.165, 1.54) is 12.1 Å². The normalized spacial score (nSPS) is 11.2. The number of hydrogen-bond donors (Lipinski definition) is 1. The lowest BCUT2D eigenvalue weighted by Gasteiger charge is -2.12. The summed E-state index contributed by atoms with van der Waals surface area (Å²) in [5.41, 5.74) is 6.55. The van der Waals surface area contributed by atoms with Crippen molar-refractivity contribution in [2.24, 2.45) is 5.73 Å². The third-order valence-electron chi connectivity index (χ3n) is 1.85. The molecule has 0 aliphatic carbocycles. The fourth-order valence-corrected chi connectivity index (χ4v) is 1.25. The molecular weight excluding hydrogens is 239 g/mol. The predicted molar refractivity (Wildman–Crippen MR) is 58.6 cm³/mol. The van der Waals surface area contributed by atoms with E-state index in [1.807, 2.05) is 0 Å². The summed E-state index contributed by atoms with van der Waals surface area (Å²) in [6, 6.07) is 4.55. The summed E-state index contributed by atoms with van der Waals surface area (Å²) >= 11 is 4.75. The molecule has 0 aromatic heterocycles. The topological polar surface area (TPSA) is 35.2 Å². The number of nitrogens with two attached hydrogens (primary N) is 1. The highest BCUT2D eigenvalue weighted by Gasteiger charge is 2.28. The van der Waals surface area contributed by atoms with Gasteiger partial charge in [-0.3, -0.25) is 0 Å². The fraction of sp³-hybridized carbons (Fsp3) is 0.300. The van der Waals surface area contributed by atoms with Crippen LogP contribution in [-0.4, -0.2) is 17.8 Å². The molecule has 0 amide bonds. The zero-order chi connectivity index (χ0) is 12.3. The Morgan fingerprint density at radius 3 is 2.50 bits per heavy atom. The van der Waals surface area contributed by atoms with Crippen molar-refractivity contribution < 1.29 is 17.9 Å². The van der Waals surface area contributed by atoms with Gasteiger partial charge in [-0.2, -0.15) is 13.2 Å². The number of halogens is 3. The van der Waals surface area contributed by atoms with Gasteiger partial charge in [0.2, 0.25) is 0 Å². The maximum Gasteiger partial charge on any atom is 0.422 e. The average molecular weight is 249 g/mol. The molecule has 0 aliphatic heterocycles. The van der Waals surface area contributed by atoms with Gasteiger partial charge in [-0.1, -0.05) is 12.2 Å². The highest BCUT2D eigenvalue weighted by atomic mass is 32.1. The standard InChI is InChI=1S/C10H10F3NOS/c1-6-4-7(9(14)16)2-3-8(6)15-5-10(11,12)13/h2-4H,5H2,1H3,(H2,14,16). The minimum atomic E-state index is -4.34. The lowest BCUT2D eigenvalue weighted by atomic mass is 10.1. The Hall–Kier alpha value is -1.30. The van der Waals surface area contributed by atoms with Gasteiger partial charge in [0, 0.05) is 5.56 Å². The van der Waals surface area contributed by atoms with Crippen molar-refractivity contribution in [3.63, 3.8) is 0 Å². The van der Waals surface area contributed by atoms with E-state index in [1.54, 1.807) is 13.0 Å². The van der Waals surface area contributed by atoms with Crippen LogP contribution in [0.2, 0.25) is 0 Å². The molecule has 0 atom stereocenters. The molecule has 0 bridgehead atoms. The van der Waals surface area contributed by atoms with E-state index in [-0.39, 0.29) is 10.7 Å². The second-order valence-electron chi connectivity index (χ2n) is 3.25. The largest absolute Gasteiger partial charge is 0.484 e. The third kappa shape index (κ3) is 3.69. The Morgan fingerprint density at radius 2 is 2.06 bits per heavy atom. The maximum atomic E-state index is 11.9. The van der Waals surface area contributed by atoms with Crippen LogP contribution in [0, 0.1) is 6.92 Å². The number of alkyl halides is 3. The lowest BCUT2D eigenvalue weighted by molar-refractivity contribution is -0.153. The summed E-state index contributed by atoms with van der Waals surface area (Å²) in [6.45, 7) is 0.327. The predicted octanol–water partition coefficient (Wildman–Crippen LogP) is 2.57. The van der Waals surface area contributed by atoms with Crippen LogP contribution in [-0.2, 0) is 0 Å². The van der Waals surface area contributed by atoms with Gasteiger partial charge in [-0.25, -0.2) is 0 Å². The van der Waals surface area contributed by atoms with E-state index in [0.29, 0.717) is 11.1 Å². The van der Waals surface area contributed by atoms with Gasteiger partial charge in [-0.05, 0) is 30.7 Å². The zero-order valence-electron chi connectivity index (χ0n) is 8.47. The molecule has 2 N–H and O–H groups in total. The van der Waals surface area contributed by atoms with E-state index in [0.717, 1.165) is 0 Å². The Balaban J connectivity index is 2.80. The van der Waals surface area contributed by atoms with Crippen molar-refractivity contribution >= 4 is 17.2 Å². The van der Waals surface area contributed by atoms with E-state index in [2.05, 4.69) is 4.74 Å². The molecule has 0 spiro atoms. The van der Waals surface area contributed by atoms with Crippen molar-refractivity contribution in [2.45, 2.75) is 13.1 Å². The Labute approximate surface area is 96.2 Å². The number of hydrogen-bond acceptors (Lipinski definition) is 2. The molecule has 6 heteroatoms. The first kappa shape index (κ1) is 12.8. The van der Waals surface area contributed by atoms with Gasteiger partial charge >= 0.3 is 6.18 Å². The Bertz CT molecular complexity index is 404. The van der Waals surface area contributed by atoms with Gasteiger partial charge < -0.3 is 10.5 Å². The molecule has 1 aromatic rings. The number of ether oxygens (including phenoxy) is 1. The van der Waals surface area contributed by atoms with Crippen molar-refractivity contribution in [3.8, 4) is 5.75 Å². The molecule has 2 nitrogen and oxygen atoms in total. The lowest BCUT2D eigenvalue weighted by Crippen LogP contribution is -2.19. The van der Waals surface area contributed by atoms with Crippen LogP contribution in [0.4, 0.5) is 13.2 Å². The van der Waals surface area contributed by atoms with Gasteiger partial charge in [0.05, 0.1) is 0 Å². The highest BCUT2D eigenvalue weighted by molar-refractivity contribution is 7.80. The van der Waals surface area contributed by atoms with Gasteiger partial charge in [0.1, 0.15) is 10.7 Å². The van der Waals surface area contributed by atoms with Gasteiger partial charge in [-0.15, -0.1) is 0 Å². The van der Waals surface area contributed by atoms with Gasteiger partial charge in [0.15, 0.2) is 6.61 Å². The fourth-order valence-electron chi connectivity index (χ4n) is 1.12. The maximum absolute atomic E-state index is 11.9. The van der Waals surface area contributed by atoms with Crippen LogP contribution in [0.5, 0.6) is 5.75 Å². The van der Waals surface area contributed by atoms with Crippen LogP contribution in [0.3, 0.4) is 0 Å². The first-order valence-corrected chi connectivity index (χ1v) is 4.80. The molecule has 88 valence electrons. The van der Waals surface area contributed by atoms with Crippen LogP contribution in [0.25, 0.3) is 0 Å². The molecule has 0 saturated carbocycles. The average Bonchev–Trinajstić information content (AvgIpc) is 2.14. The second-order valence-corrected chi connectivity index (χ2v) is 3.69. The van der Waals surface area contributed by atoms with Crippen molar-refractivity contribution in [3.05, 3.63) is 29.3 Å². The molecule has 0 fully saturated rings. The molecule has 0 radical (unpaired) electrons. The molecule has 16 heavy (non-hydrogen) atoms. The molecule has 1 rings (SSSR count). The zero-order valence-corrected chi connectivity index (χ0v) is 9.28. The number of rotatable bonds is 3. The van der Waals surface area contributed by atoms with Crippen molar-refractivity contribution in [1.29, 1.82) is 0 Å². The first-order valence-electron chi connectivity index (χ1n) is 4.39. The third-order valence-corrected chi connectivity index (χ3v) is 2.09. The summed E-state index contributed by atoms with van der Waals surface area (Å²) in [6.07, 6.45) is -4.34. The van der Waals surface area contributed by atoms with Crippen LogP contribution < -0.4 is 10.5 Å². The number of aryl methyl sites for hydroxylation is 1. The quantitative estimate of drug-likeness (QED) is 0.836. The van der Waals surface area contributed by atoms with Crippen LogP contribution >= 0.6 is 12.2 Å². The SMILES string of the molecule is Cc1cc(C(N)=S)ccc1OCC(F)(F)F. The summed E-state index contributed by atoms with van der Waals surface area (Å²) < 4.78 is 40.4. The molecular formula is C10H10F3NOS. The molecule has 0 aliphatic rings. The summed E-state index contributed by atoms with van der Waals surface area (Å²) in [5, 5.41) is 0. The second kappa shape index (κ2) is 4.69. The van der Waals surface area contributed by atoms with Crippen molar-refractivity contribution in [2.75, 3.05) is 6.61 Å².